The number of rotatable bonds is 4. The zero-order chi connectivity index (χ0) is 17.9. The lowest BCUT2D eigenvalue weighted by molar-refractivity contribution is -0.137. The summed E-state index contributed by atoms with van der Waals surface area (Å²) in [6.45, 7) is 0. The fourth-order valence-corrected chi connectivity index (χ4v) is 2.88. The summed E-state index contributed by atoms with van der Waals surface area (Å²) in [7, 11) is 1.60. The van der Waals surface area contributed by atoms with E-state index >= 15 is 0 Å². The van der Waals surface area contributed by atoms with Crippen LogP contribution in [0.25, 0.3) is 0 Å². The molecule has 0 spiro atoms. The summed E-state index contributed by atoms with van der Waals surface area (Å²) in [6.07, 6.45) is -4.33. The van der Waals surface area contributed by atoms with Crippen molar-refractivity contribution in [2.75, 3.05) is 7.11 Å². The standard InChI is InChI=1S/C21H17F3O/c1-25-19-13-9-17(10-14-19)20(15-5-3-2-4-6-15)16-7-11-18(12-8-16)21(22,23)24/h2-14,20H,1H3. The summed E-state index contributed by atoms with van der Waals surface area (Å²) >= 11 is 0. The van der Waals surface area contributed by atoms with Gasteiger partial charge in [-0.1, -0.05) is 54.6 Å². The molecule has 25 heavy (non-hydrogen) atoms. The minimum absolute atomic E-state index is 0.144. The van der Waals surface area contributed by atoms with E-state index in [-0.39, 0.29) is 5.92 Å². The van der Waals surface area contributed by atoms with E-state index in [1.54, 1.807) is 19.2 Å². The van der Waals surface area contributed by atoms with Gasteiger partial charge < -0.3 is 4.74 Å². The maximum absolute atomic E-state index is 12.8. The van der Waals surface area contributed by atoms with Crippen molar-refractivity contribution >= 4 is 0 Å². The molecule has 0 heterocycles. The average molecular weight is 342 g/mol. The summed E-state index contributed by atoms with van der Waals surface area (Å²) < 4.78 is 43.7. The Morgan fingerprint density at radius 1 is 0.680 bits per heavy atom. The molecular formula is C21H17F3O. The van der Waals surface area contributed by atoms with Crippen molar-refractivity contribution in [3.05, 3.63) is 101 Å². The average Bonchev–Trinajstić information content (AvgIpc) is 2.63. The number of methoxy groups -OCH3 is 1. The van der Waals surface area contributed by atoms with E-state index in [1.165, 1.54) is 0 Å². The van der Waals surface area contributed by atoms with E-state index in [1.807, 2.05) is 54.6 Å². The lowest BCUT2D eigenvalue weighted by atomic mass is 9.85. The third kappa shape index (κ3) is 3.85. The molecule has 128 valence electrons. The molecule has 0 aliphatic heterocycles. The van der Waals surface area contributed by atoms with Crippen LogP contribution in [0.1, 0.15) is 28.2 Å². The van der Waals surface area contributed by atoms with Gasteiger partial charge in [0.15, 0.2) is 0 Å². The number of halogens is 3. The summed E-state index contributed by atoms with van der Waals surface area (Å²) in [5, 5.41) is 0. The van der Waals surface area contributed by atoms with Crippen molar-refractivity contribution in [1.82, 2.24) is 0 Å². The zero-order valence-electron chi connectivity index (χ0n) is 13.6. The molecule has 3 aromatic rings. The van der Waals surface area contributed by atoms with Gasteiger partial charge in [0.2, 0.25) is 0 Å². The number of ether oxygens (including phenoxy) is 1. The minimum atomic E-state index is -4.33. The first-order valence-electron chi connectivity index (χ1n) is 7.85. The summed E-state index contributed by atoms with van der Waals surface area (Å²) in [5.41, 5.74) is 2.18. The summed E-state index contributed by atoms with van der Waals surface area (Å²) in [6, 6.07) is 22.7. The predicted octanol–water partition coefficient (Wildman–Crippen LogP) is 5.89. The normalized spacial score (nSPS) is 12.6. The Bertz CT molecular complexity index is 807. The molecule has 0 fully saturated rings. The molecule has 0 N–H and O–H groups in total. The van der Waals surface area contributed by atoms with Crippen LogP contribution in [0.15, 0.2) is 78.9 Å². The second-order valence-corrected chi connectivity index (χ2v) is 5.74. The Labute approximate surface area is 144 Å². The molecule has 0 aliphatic rings. The van der Waals surface area contributed by atoms with E-state index in [0.717, 1.165) is 34.6 Å². The zero-order valence-corrected chi connectivity index (χ0v) is 13.6. The third-order valence-corrected chi connectivity index (χ3v) is 4.15. The second kappa shape index (κ2) is 7.01. The predicted molar refractivity (Wildman–Crippen MR) is 91.8 cm³/mol. The third-order valence-electron chi connectivity index (χ3n) is 4.15. The summed E-state index contributed by atoms with van der Waals surface area (Å²) in [5.74, 6) is 0.595. The highest BCUT2D eigenvalue weighted by atomic mass is 19.4. The molecule has 0 aromatic heterocycles. The van der Waals surface area contributed by atoms with Gasteiger partial charge in [0.1, 0.15) is 5.75 Å². The van der Waals surface area contributed by atoms with Crippen molar-refractivity contribution in [1.29, 1.82) is 0 Å². The molecule has 0 saturated carbocycles. The quantitative estimate of drug-likeness (QED) is 0.537. The van der Waals surface area contributed by atoms with E-state index in [4.69, 9.17) is 4.74 Å². The molecule has 0 radical (unpaired) electrons. The number of hydrogen-bond acceptors (Lipinski definition) is 1. The maximum atomic E-state index is 12.8. The van der Waals surface area contributed by atoms with Crippen LogP contribution in [0, 0.1) is 0 Å². The van der Waals surface area contributed by atoms with Gasteiger partial charge in [-0.2, -0.15) is 13.2 Å². The van der Waals surface area contributed by atoms with Crippen molar-refractivity contribution in [3.63, 3.8) is 0 Å². The molecule has 0 bridgehead atoms. The molecule has 0 amide bonds. The molecule has 3 rings (SSSR count). The van der Waals surface area contributed by atoms with E-state index in [2.05, 4.69) is 0 Å². The topological polar surface area (TPSA) is 9.23 Å². The first-order valence-corrected chi connectivity index (χ1v) is 7.85. The van der Waals surface area contributed by atoms with Crippen molar-refractivity contribution < 1.29 is 17.9 Å². The molecule has 0 aliphatic carbocycles. The highest BCUT2D eigenvalue weighted by Crippen LogP contribution is 2.35. The highest BCUT2D eigenvalue weighted by Gasteiger charge is 2.30. The van der Waals surface area contributed by atoms with E-state index in [0.29, 0.717) is 0 Å². The minimum Gasteiger partial charge on any atom is -0.497 e. The molecule has 3 aromatic carbocycles. The lowest BCUT2D eigenvalue weighted by Crippen LogP contribution is -2.07. The molecule has 0 saturated heterocycles. The Kier molecular flexibility index (Phi) is 4.79. The largest absolute Gasteiger partial charge is 0.497 e. The van der Waals surface area contributed by atoms with E-state index < -0.39 is 11.7 Å². The van der Waals surface area contributed by atoms with Crippen LogP contribution in [-0.2, 0) is 6.18 Å². The highest BCUT2D eigenvalue weighted by molar-refractivity contribution is 5.45. The first kappa shape index (κ1) is 17.1. The van der Waals surface area contributed by atoms with Crippen LogP contribution in [0.3, 0.4) is 0 Å². The van der Waals surface area contributed by atoms with Gasteiger partial charge in [-0.25, -0.2) is 0 Å². The van der Waals surface area contributed by atoms with Gasteiger partial charge in [0.25, 0.3) is 0 Å². The molecule has 4 heteroatoms. The van der Waals surface area contributed by atoms with Crippen LogP contribution in [0.5, 0.6) is 5.75 Å². The number of benzene rings is 3. The van der Waals surface area contributed by atoms with Crippen LogP contribution in [0.4, 0.5) is 13.2 Å². The van der Waals surface area contributed by atoms with Crippen LogP contribution in [0.2, 0.25) is 0 Å². The van der Waals surface area contributed by atoms with Gasteiger partial charge in [0, 0.05) is 5.92 Å². The second-order valence-electron chi connectivity index (χ2n) is 5.74. The maximum Gasteiger partial charge on any atom is 0.416 e. The van der Waals surface area contributed by atoms with Crippen LogP contribution < -0.4 is 4.74 Å². The SMILES string of the molecule is COc1ccc(C(c2ccccc2)c2ccc(C(F)(F)F)cc2)cc1. The van der Waals surface area contributed by atoms with Crippen molar-refractivity contribution in [2.24, 2.45) is 0 Å². The fourth-order valence-electron chi connectivity index (χ4n) is 2.88. The van der Waals surface area contributed by atoms with Gasteiger partial charge in [0.05, 0.1) is 12.7 Å². The van der Waals surface area contributed by atoms with Crippen LogP contribution >= 0.6 is 0 Å². The van der Waals surface area contributed by atoms with Crippen LogP contribution in [-0.4, -0.2) is 7.11 Å². The number of hydrogen-bond donors (Lipinski definition) is 0. The van der Waals surface area contributed by atoms with Gasteiger partial charge in [-0.05, 0) is 41.0 Å². The molecular weight excluding hydrogens is 325 g/mol. The summed E-state index contributed by atoms with van der Waals surface area (Å²) in [4.78, 5) is 0. The molecule has 1 atom stereocenters. The van der Waals surface area contributed by atoms with Crippen molar-refractivity contribution in [3.8, 4) is 5.75 Å². The van der Waals surface area contributed by atoms with E-state index in [9.17, 15) is 13.2 Å². The Morgan fingerprint density at radius 3 is 1.64 bits per heavy atom. The smallest absolute Gasteiger partial charge is 0.416 e. The Morgan fingerprint density at radius 2 is 1.16 bits per heavy atom. The van der Waals surface area contributed by atoms with Gasteiger partial charge in [-0.15, -0.1) is 0 Å². The van der Waals surface area contributed by atoms with Gasteiger partial charge in [-0.3, -0.25) is 0 Å². The van der Waals surface area contributed by atoms with Gasteiger partial charge >= 0.3 is 6.18 Å². The molecule has 1 unspecified atom stereocenters. The lowest BCUT2D eigenvalue weighted by Gasteiger charge is -2.20. The fraction of sp³-hybridized carbons (Fsp3) is 0.143. The Hall–Kier alpha value is -2.75. The Balaban J connectivity index is 2.05. The number of alkyl halides is 3. The first-order chi connectivity index (χ1) is 12.0. The molecule has 1 nitrogen and oxygen atoms in total. The monoisotopic (exact) mass is 342 g/mol. The van der Waals surface area contributed by atoms with Crippen molar-refractivity contribution in [2.45, 2.75) is 12.1 Å².